The molecule has 0 radical (unpaired) electrons. The van der Waals surface area contributed by atoms with Crippen LogP contribution in [0.2, 0.25) is 0 Å². The van der Waals surface area contributed by atoms with Gasteiger partial charge in [-0.05, 0) is 25.2 Å². The zero-order valence-electron chi connectivity index (χ0n) is 9.99. The van der Waals surface area contributed by atoms with Crippen LogP contribution in [0.15, 0.2) is 0 Å². The molecular formula is C11H20N4. The fraction of sp³-hybridized carbons (Fsp3) is 0.818. The second kappa shape index (κ2) is 3.30. The molecule has 84 valence electrons. The average molecular weight is 208 g/mol. The minimum Gasteiger partial charge on any atom is -0.321 e. The number of aromatic nitrogens is 3. The summed E-state index contributed by atoms with van der Waals surface area (Å²) in [6.45, 7) is 8.42. The van der Waals surface area contributed by atoms with Crippen molar-refractivity contribution in [3.8, 4) is 0 Å². The van der Waals surface area contributed by atoms with Crippen LogP contribution in [0.1, 0.15) is 57.3 Å². The summed E-state index contributed by atoms with van der Waals surface area (Å²) >= 11 is 0. The predicted molar refractivity (Wildman–Crippen MR) is 59.4 cm³/mol. The summed E-state index contributed by atoms with van der Waals surface area (Å²) in [5.41, 5.74) is 6.26. The lowest BCUT2D eigenvalue weighted by molar-refractivity contribution is 0.306. The van der Waals surface area contributed by atoms with Crippen molar-refractivity contribution in [3.05, 3.63) is 11.6 Å². The van der Waals surface area contributed by atoms with Gasteiger partial charge in [0, 0.05) is 6.04 Å². The lowest BCUT2D eigenvalue weighted by Gasteiger charge is -2.26. The first-order valence-electron chi connectivity index (χ1n) is 5.58. The van der Waals surface area contributed by atoms with E-state index >= 15 is 0 Å². The minimum atomic E-state index is -0.0423. The van der Waals surface area contributed by atoms with Crippen LogP contribution >= 0.6 is 0 Å². The SMILES string of the molecule is Cc1nnc(C(N)C(C)(C)C)n1C1CC1. The van der Waals surface area contributed by atoms with Gasteiger partial charge in [0.2, 0.25) is 0 Å². The molecule has 0 aromatic carbocycles. The quantitative estimate of drug-likeness (QED) is 0.808. The zero-order chi connectivity index (χ0) is 11.2. The first-order valence-corrected chi connectivity index (χ1v) is 5.58. The fourth-order valence-corrected chi connectivity index (χ4v) is 1.77. The van der Waals surface area contributed by atoms with E-state index in [4.69, 9.17) is 5.73 Å². The van der Waals surface area contributed by atoms with Crippen molar-refractivity contribution in [2.24, 2.45) is 11.1 Å². The van der Waals surface area contributed by atoms with Crippen molar-refractivity contribution in [2.45, 2.75) is 52.6 Å². The Hall–Kier alpha value is -0.900. The smallest absolute Gasteiger partial charge is 0.150 e. The number of hydrogen-bond acceptors (Lipinski definition) is 3. The lowest BCUT2D eigenvalue weighted by atomic mass is 9.87. The van der Waals surface area contributed by atoms with E-state index in [0.29, 0.717) is 6.04 Å². The van der Waals surface area contributed by atoms with Gasteiger partial charge in [-0.15, -0.1) is 10.2 Å². The number of nitrogens with zero attached hydrogens (tertiary/aromatic N) is 3. The second-order valence-corrected chi connectivity index (χ2v) is 5.55. The molecule has 4 nitrogen and oxygen atoms in total. The Balaban J connectivity index is 2.35. The molecule has 1 aliphatic rings. The molecule has 0 amide bonds. The van der Waals surface area contributed by atoms with Crippen LogP contribution in [-0.2, 0) is 0 Å². The van der Waals surface area contributed by atoms with Crippen LogP contribution in [0.25, 0.3) is 0 Å². The van der Waals surface area contributed by atoms with Crippen molar-refractivity contribution < 1.29 is 0 Å². The molecule has 0 saturated heterocycles. The second-order valence-electron chi connectivity index (χ2n) is 5.55. The first kappa shape index (κ1) is 10.6. The van der Waals surface area contributed by atoms with Crippen LogP contribution < -0.4 is 5.73 Å². The highest BCUT2D eigenvalue weighted by molar-refractivity contribution is 5.07. The van der Waals surface area contributed by atoms with Crippen molar-refractivity contribution in [1.29, 1.82) is 0 Å². The molecule has 1 atom stereocenters. The largest absolute Gasteiger partial charge is 0.321 e. The fourth-order valence-electron chi connectivity index (χ4n) is 1.77. The van der Waals surface area contributed by atoms with E-state index in [-0.39, 0.29) is 11.5 Å². The Morgan fingerprint density at radius 3 is 2.40 bits per heavy atom. The van der Waals surface area contributed by atoms with Gasteiger partial charge in [0.15, 0.2) is 5.82 Å². The van der Waals surface area contributed by atoms with E-state index in [1.54, 1.807) is 0 Å². The highest BCUT2D eigenvalue weighted by Crippen LogP contribution is 2.39. The lowest BCUT2D eigenvalue weighted by Crippen LogP contribution is -2.29. The van der Waals surface area contributed by atoms with E-state index < -0.39 is 0 Å². The van der Waals surface area contributed by atoms with Crippen LogP contribution in [0.4, 0.5) is 0 Å². The van der Waals surface area contributed by atoms with Crippen molar-refractivity contribution in [2.75, 3.05) is 0 Å². The third-order valence-electron chi connectivity index (χ3n) is 3.02. The van der Waals surface area contributed by atoms with Crippen LogP contribution in [0, 0.1) is 12.3 Å². The molecule has 1 fully saturated rings. The van der Waals surface area contributed by atoms with Crippen LogP contribution in [0.5, 0.6) is 0 Å². The number of hydrogen-bond donors (Lipinski definition) is 1. The van der Waals surface area contributed by atoms with E-state index in [2.05, 4.69) is 35.5 Å². The van der Waals surface area contributed by atoms with Gasteiger partial charge in [0.1, 0.15) is 5.82 Å². The zero-order valence-corrected chi connectivity index (χ0v) is 9.99. The van der Waals surface area contributed by atoms with Gasteiger partial charge in [-0.1, -0.05) is 20.8 Å². The molecule has 0 bridgehead atoms. The molecule has 15 heavy (non-hydrogen) atoms. The number of aryl methyl sites for hydroxylation is 1. The van der Waals surface area contributed by atoms with Gasteiger partial charge < -0.3 is 10.3 Å². The maximum Gasteiger partial charge on any atom is 0.150 e. The van der Waals surface area contributed by atoms with Gasteiger partial charge in [-0.3, -0.25) is 0 Å². The first-order chi connectivity index (χ1) is 6.91. The maximum atomic E-state index is 6.23. The standard InChI is InChI=1S/C11H20N4/c1-7-13-14-10(9(12)11(2,3)4)15(7)8-5-6-8/h8-9H,5-6,12H2,1-4H3. The Labute approximate surface area is 90.9 Å². The Kier molecular flexibility index (Phi) is 2.34. The third-order valence-corrected chi connectivity index (χ3v) is 3.02. The summed E-state index contributed by atoms with van der Waals surface area (Å²) < 4.78 is 2.22. The van der Waals surface area contributed by atoms with Gasteiger partial charge >= 0.3 is 0 Å². The highest BCUT2D eigenvalue weighted by atomic mass is 15.3. The predicted octanol–water partition coefficient (Wildman–Crippen LogP) is 1.97. The third kappa shape index (κ3) is 1.91. The van der Waals surface area contributed by atoms with E-state index in [1.807, 2.05) is 6.92 Å². The van der Waals surface area contributed by atoms with Crippen LogP contribution in [-0.4, -0.2) is 14.8 Å². The monoisotopic (exact) mass is 208 g/mol. The van der Waals surface area contributed by atoms with E-state index in [9.17, 15) is 0 Å². The van der Waals surface area contributed by atoms with E-state index in [0.717, 1.165) is 11.6 Å². The molecular weight excluding hydrogens is 188 g/mol. The normalized spacial score (nSPS) is 19.3. The molecule has 0 spiro atoms. The van der Waals surface area contributed by atoms with Crippen LogP contribution in [0.3, 0.4) is 0 Å². The summed E-state index contributed by atoms with van der Waals surface area (Å²) in [6.07, 6.45) is 2.48. The Morgan fingerprint density at radius 2 is 1.93 bits per heavy atom. The van der Waals surface area contributed by atoms with Crippen molar-refractivity contribution >= 4 is 0 Å². The molecule has 1 aliphatic carbocycles. The molecule has 0 aliphatic heterocycles. The molecule has 1 saturated carbocycles. The molecule has 1 aromatic rings. The summed E-state index contributed by atoms with van der Waals surface area (Å²) in [5.74, 6) is 1.94. The topological polar surface area (TPSA) is 56.7 Å². The summed E-state index contributed by atoms with van der Waals surface area (Å²) in [6, 6.07) is 0.558. The summed E-state index contributed by atoms with van der Waals surface area (Å²) in [4.78, 5) is 0. The maximum absolute atomic E-state index is 6.23. The molecule has 1 heterocycles. The Bertz CT molecular complexity index is 357. The molecule has 4 heteroatoms. The highest BCUT2D eigenvalue weighted by Gasteiger charge is 2.33. The molecule has 1 aromatic heterocycles. The Morgan fingerprint density at radius 1 is 1.33 bits per heavy atom. The molecule has 1 unspecified atom stereocenters. The van der Waals surface area contributed by atoms with Gasteiger partial charge in [-0.2, -0.15) is 0 Å². The van der Waals surface area contributed by atoms with Crippen molar-refractivity contribution in [3.63, 3.8) is 0 Å². The van der Waals surface area contributed by atoms with Gasteiger partial charge in [0.05, 0.1) is 6.04 Å². The minimum absolute atomic E-state index is 0.0338. The molecule has 2 N–H and O–H groups in total. The van der Waals surface area contributed by atoms with Gasteiger partial charge in [0.25, 0.3) is 0 Å². The number of rotatable bonds is 2. The summed E-state index contributed by atoms with van der Waals surface area (Å²) in [7, 11) is 0. The molecule has 2 rings (SSSR count). The summed E-state index contributed by atoms with van der Waals surface area (Å²) in [5, 5.41) is 8.38. The van der Waals surface area contributed by atoms with Gasteiger partial charge in [-0.25, -0.2) is 0 Å². The van der Waals surface area contributed by atoms with Crippen molar-refractivity contribution in [1.82, 2.24) is 14.8 Å². The number of nitrogens with two attached hydrogens (primary N) is 1. The average Bonchev–Trinajstić information content (AvgIpc) is 2.88. The van der Waals surface area contributed by atoms with E-state index in [1.165, 1.54) is 12.8 Å².